The zero-order chi connectivity index (χ0) is 19.9. The van der Waals surface area contributed by atoms with E-state index in [-0.39, 0.29) is 0 Å². The van der Waals surface area contributed by atoms with Gasteiger partial charge in [0, 0.05) is 21.8 Å². The fraction of sp³-hybridized carbons (Fsp3) is 0.217. The first-order chi connectivity index (χ1) is 13.3. The van der Waals surface area contributed by atoms with Gasteiger partial charge in [-0.15, -0.1) is 0 Å². The van der Waals surface area contributed by atoms with E-state index in [1.54, 1.807) is 6.07 Å². The minimum atomic E-state index is -4.35. The molecular weight excluding hydrogens is 383 g/mol. The van der Waals surface area contributed by atoms with Gasteiger partial charge in [0.15, 0.2) is 0 Å². The van der Waals surface area contributed by atoms with Crippen molar-refractivity contribution in [3.63, 3.8) is 0 Å². The number of alkyl halides is 3. The summed E-state index contributed by atoms with van der Waals surface area (Å²) in [6, 6.07) is 12.8. The van der Waals surface area contributed by atoms with E-state index in [0.29, 0.717) is 10.7 Å². The summed E-state index contributed by atoms with van der Waals surface area (Å²) < 4.78 is 40.7. The maximum Gasteiger partial charge on any atom is 0.416 e. The molecule has 144 valence electrons. The van der Waals surface area contributed by atoms with Gasteiger partial charge in [-0.1, -0.05) is 28.8 Å². The van der Waals surface area contributed by atoms with E-state index in [2.05, 4.69) is 13.0 Å². The Hall–Kier alpha value is -2.46. The Bertz CT molecular complexity index is 1080. The monoisotopic (exact) mass is 401 g/mol. The molecule has 0 amide bonds. The normalized spacial score (nSPS) is 14.7. The molecule has 0 saturated heterocycles. The van der Waals surface area contributed by atoms with Gasteiger partial charge >= 0.3 is 6.18 Å². The Morgan fingerprint density at radius 1 is 1.04 bits per heavy atom. The van der Waals surface area contributed by atoms with Crippen LogP contribution in [0.25, 0.3) is 22.7 Å². The molecule has 0 unspecified atom stereocenters. The van der Waals surface area contributed by atoms with Gasteiger partial charge in [0.1, 0.15) is 0 Å². The van der Waals surface area contributed by atoms with Crippen LogP contribution in [0.1, 0.15) is 37.4 Å². The molecule has 28 heavy (non-hydrogen) atoms. The third-order valence-corrected chi connectivity index (χ3v) is 5.50. The zero-order valence-corrected chi connectivity index (χ0v) is 16.1. The van der Waals surface area contributed by atoms with Crippen LogP contribution >= 0.6 is 11.6 Å². The minimum Gasteiger partial charge on any atom is -0.310 e. The number of fused-ring (bicyclic) bond motifs is 1. The van der Waals surface area contributed by atoms with E-state index in [0.717, 1.165) is 41.6 Å². The summed E-state index contributed by atoms with van der Waals surface area (Å²) in [6.07, 6.45) is 3.29. The topological polar surface area (TPSA) is 4.93 Å². The number of allylic oxidation sites excluding steroid dienone is 3. The molecule has 0 spiro atoms. The average molecular weight is 402 g/mol. The van der Waals surface area contributed by atoms with Crippen LogP contribution in [0.5, 0.6) is 0 Å². The molecule has 2 aromatic carbocycles. The molecule has 1 nitrogen and oxygen atoms in total. The Morgan fingerprint density at radius 2 is 1.75 bits per heavy atom. The van der Waals surface area contributed by atoms with E-state index < -0.39 is 11.7 Å². The van der Waals surface area contributed by atoms with Crippen LogP contribution in [0.3, 0.4) is 0 Å². The van der Waals surface area contributed by atoms with E-state index >= 15 is 0 Å². The SMILES string of the molecule is CC(/C=C/c1cc2cc(Cl)ccc2n1-c1ccc(C(F)(F)F)cc1)=C1CCC1. The quantitative estimate of drug-likeness (QED) is 0.421. The number of hydrogen-bond donors (Lipinski definition) is 0. The zero-order valence-electron chi connectivity index (χ0n) is 15.4. The molecule has 4 rings (SSSR count). The first-order valence-electron chi connectivity index (χ1n) is 9.18. The van der Waals surface area contributed by atoms with Crippen LogP contribution < -0.4 is 0 Å². The van der Waals surface area contributed by atoms with Crippen LogP contribution in [0.4, 0.5) is 13.2 Å². The first kappa shape index (κ1) is 18.9. The molecule has 5 heteroatoms. The van der Waals surface area contributed by atoms with E-state index in [1.165, 1.54) is 29.7 Å². The molecule has 1 fully saturated rings. The van der Waals surface area contributed by atoms with Gasteiger partial charge in [-0.25, -0.2) is 0 Å². The number of rotatable bonds is 3. The lowest BCUT2D eigenvalue weighted by Crippen LogP contribution is -2.05. The summed E-state index contributed by atoms with van der Waals surface area (Å²) in [4.78, 5) is 0. The van der Waals surface area contributed by atoms with Gasteiger partial charge in [-0.05, 0) is 80.8 Å². The summed E-state index contributed by atoms with van der Waals surface area (Å²) in [5.41, 5.74) is 4.55. The second-order valence-corrected chi connectivity index (χ2v) is 7.56. The summed E-state index contributed by atoms with van der Waals surface area (Å²) in [5, 5.41) is 1.57. The lowest BCUT2D eigenvalue weighted by atomic mass is 9.88. The van der Waals surface area contributed by atoms with Crippen LogP contribution in [0, 0.1) is 0 Å². The average Bonchev–Trinajstić information content (AvgIpc) is 2.95. The molecule has 1 aliphatic rings. The first-order valence-corrected chi connectivity index (χ1v) is 9.56. The molecule has 0 radical (unpaired) electrons. The molecule has 0 bridgehead atoms. The Morgan fingerprint density at radius 3 is 2.36 bits per heavy atom. The fourth-order valence-corrected chi connectivity index (χ4v) is 3.67. The maximum absolute atomic E-state index is 12.9. The number of aromatic nitrogens is 1. The van der Waals surface area contributed by atoms with E-state index in [9.17, 15) is 13.2 Å². The summed E-state index contributed by atoms with van der Waals surface area (Å²) in [5.74, 6) is 0. The lowest BCUT2D eigenvalue weighted by Gasteiger charge is -2.18. The molecule has 1 aliphatic carbocycles. The van der Waals surface area contributed by atoms with Gasteiger partial charge in [-0.2, -0.15) is 13.2 Å². The second-order valence-electron chi connectivity index (χ2n) is 7.13. The standard InChI is InChI=1S/C23H19ClF3N/c1-15(16-3-2-4-16)5-9-21-14-17-13-19(24)8-12-22(17)28(21)20-10-6-18(7-11-20)23(25,26)27/h5-14H,2-4H2,1H3/b9-5+. The molecule has 3 aromatic rings. The van der Waals surface area contributed by atoms with Crippen molar-refractivity contribution in [2.75, 3.05) is 0 Å². The second kappa shape index (κ2) is 7.17. The highest BCUT2D eigenvalue weighted by Crippen LogP contribution is 2.33. The molecule has 1 aromatic heterocycles. The highest BCUT2D eigenvalue weighted by atomic mass is 35.5. The van der Waals surface area contributed by atoms with E-state index in [4.69, 9.17) is 11.6 Å². The van der Waals surface area contributed by atoms with Crippen molar-refractivity contribution in [1.29, 1.82) is 0 Å². The van der Waals surface area contributed by atoms with Gasteiger partial charge in [0.25, 0.3) is 0 Å². The number of benzene rings is 2. The number of hydrogen-bond acceptors (Lipinski definition) is 0. The van der Waals surface area contributed by atoms with Crippen molar-refractivity contribution in [2.45, 2.75) is 32.4 Å². The summed E-state index contributed by atoms with van der Waals surface area (Å²) in [6.45, 7) is 2.10. The van der Waals surface area contributed by atoms with Gasteiger partial charge in [0.05, 0.1) is 11.1 Å². The van der Waals surface area contributed by atoms with Crippen LogP contribution in [-0.4, -0.2) is 4.57 Å². The largest absolute Gasteiger partial charge is 0.416 e. The lowest BCUT2D eigenvalue weighted by molar-refractivity contribution is -0.137. The Kier molecular flexibility index (Phi) is 4.84. The van der Waals surface area contributed by atoms with Crippen LogP contribution in [-0.2, 0) is 6.18 Å². The minimum absolute atomic E-state index is 0.625. The molecular formula is C23H19ClF3N. The summed E-state index contributed by atoms with van der Waals surface area (Å²) >= 11 is 6.13. The van der Waals surface area contributed by atoms with Crippen molar-refractivity contribution in [3.8, 4) is 5.69 Å². The molecule has 1 heterocycles. The van der Waals surface area contributed by atoms with Gasteiger partial charge in [-0.3, -0.25) is 0 Å². The summed E-state index contributed by atoms with van der Waals surface area (Å²) in [7, 11) is 0. The number of halogens is 4. The molecule has 0 aliphatic heterocycles. The van der Waals surface area contributed by atoms with Crippen molar-refractivity contribution < 1.29 is 13.2 Å². The van der Waals surface area contributed by atoms with Crippen LogP contribution in [0.15, 0.2) is 65.8 Å². The maximum atomic E-state index is 12.9. The fourth-order valence-electron chi connectivity index (χ4n) is 3.49. The van der Waals surface area contributed by atoms with Crippen molar-refractivity contribution in [3.05, 3.63) is 82.0 Å². The molecule has 0 atom stereocenters. The van der Waals surface area contributed by atoms with Crippen molar-refractivity contribution in [2.24, 2.45) is 0 Å². The van der Waals surface area contributed by atoms with Crippen molar-refractivity contribution >= 4 is 28.6 Å². The van der Waals surface area contributed by atoms with Gasteiger partial charge < -0.3 is 4.57 Å². The van der Waals surface area contributed by atoms with Crippen molar-refractivity contribution in [1.82, 2.24) is 4.57 Å². The Balaban J connectivity index is 1.82. The highest BCUT2D eigenvalue weighted by molar-refractivity contribution is 6.31. The third kappa shape index (κ3) is 3.61. The number of nitrogens with zero attached hydrogens (tertiary/aromatic N) is 1. The predicted molar refractivity (Wildman–Crippen MR) is 109 cm³/mol. The Labute approximate surface area is 166 Å². The smallest absolute Gasteiger partial charge is 0.310 e. The highest BCUT2D eigenvalue weighted by Gasteiger charge is 2.30. The van der Waals surface area contributed by atoms with E-state index in [1.807, 2.05) is 28.8 Å². The molecule has 1 saturated carbocycles. The predicted octanol–water partition coefficient (Wildman–Crippen LogP) is 7.82. The molecule has 0 N–H and O–H groups in total. The van der Waals surface area contributed by atoms with Crippen LogP contribution in [0.2, 0.25) is 5.02 Å². The third-order valence-electron chi connectivity index (χ3n) is 5.26. The van der Waals surface area contributed by atoms with Gasteiger partial charge in [0.2, 0.25) is 0 Å².